The standard InChI is InChI=1S/C10H15NO6/c12-9-2-1-8(11-9)10(13)15-6-7-5-14-3-4-16-17-7/h7-8H,1-6H2,(H,11,12)/t7?,8-/m0/s1. The van der Waals surface area contributed by atoms with Gasteiger partial charge in [0, 0.05) is 6.42 Å². The van der Waals surface area contributed by atoms with Gasteiger partial charge in [-0.3, -0.25) is 4.79 Å². The number of rotatable bonds is 3. The van der Waals surface area contributed by atoms with E-state index in [-0.39, 0.29) is 12.5 Å². The molecule has 0 aromatic heterocycles. The Hall–Kier alpha value is -1.18. The van der Waals surface area contributed by atoms with E-state index in [0.29, 0.717) is 32.7 Å². The van der Waals surface area contributed by atoms with E-state index in [1.165, 1.54) is 0 Å². The van der Waals surface area contributed by atoms with Gasteiger partial charge < -0.3 is 14.8 Å². The van der Waals surface area contributed by atoms with Crippen molar-refractivity contribution < 1.29 is 28.8 Å². The Kier molecular flexibility index (Phi) is 4.29. The zero-order chi connectivity index (χ0) is 12.1. The molecule has 1 amide bonds. The molecule has 0 radical (unpaired) electrons. The monoisotopic (exact) mass is 245 g/mol. The Bertz CT molecular complexity index is 287. The summed E-state index contributed by atoms with van der Waals surface area (Å²) in [4.78, 5) is 32.2. The molecule has 2 aliphatic heterocycles. The van der Waals surface area contributed by atoms with Crippen molar-refractivity contribution in [1.29, 1.82) is 0 Å². The van der Waals surface area contributed by atoms with Gasteiger partial charge in [-0.25, -0.2) is 14.6 Å². The first-order chi connectivity index (χ1) is 8.25. The Morgan fingerprint density at radius 1 is 1.47 bits per heavy atom. The summed E-state index contributed by atoms with van der Waals surface area (Å²) < 4.78 is 10.2. The summed E-state index contributed by atoms with van der Waals surface area (Å²) in [5.41, 5.74) is 0. The minimum atomic E-state index is -0.532. The van der Waals surface area contributed by atoms with Crippen LogP contribution in [-0.4, -0.2) is 50.4 Å². The molecule has 17 heavy (non-hydrogen) atoms. The number of nitrogens with one attached hydrogen (secondary N) is 1. The van der Waals surface area contributed by atoms with Crippen LogP contribution >= 0.6 is 0 Å². The molecule has 0 aliphatic carbocycles. The molecule has 1 unspecified atom stereocenters. The van der Waals surface area contributed by atoms with E-state index in [4.69, 9.17) is 19.2 Å². The highest BCUT2D eigenvalue weighted by atomic mass is 17.2. The van der Waals surface area contributed by atoms with E-state index in [1.807, 2.05) is 0 Å². The minimum Gasteiger partial charge on any atom is -0.461 e. The third-order valence-corrected chi connectivity index (χ3v) is 2.51. The predicted molar refractivity (Wildman–Crippen MR) is 53.8 cm³/mol. The van der Waals surface area contributed by atoms with Crippen molar-refractivity contribution in [3.05, 3.63) is 0 Å². The van der Waals surface area contributed by atoms with Gasteiger partial charge in [-0.15, -0.1) is 0 Å². The summed E-state index contributed by atoms with van der Waals surface area (Å²) in [6.45, 7) is 1.21. The quantitative estimate of drug-likeness (QED) is 0.515. The van der Waals surface area contributed by atoms with Crippen molar-refractivity contribution in [3.8, 4) is 0 Å². The molecule has 2 fully saturated rings. The van der Waals surface area contributed by atoms with E-state index in [2.05, 4.69) is 5.32 Å². The van der Waals surface area contributed by atoms with Gasteiger partial charge in [0.2, 0.25) is 5.91 Å². The maximum Gasteiger partial charge on any atom is 0.328 e. The highest BCUT2D eigenvalue weighted by Gasteiger charge is 2.29. The Labute approximate surface area is 98.3 Å². The second-order valence-electron chi connectivity index (χ2n) is 3.90. The van der Waals surface area contributed by atoms with Gasteiger partial charge in [-0.05, 0) is 6.42 Å². The van der Waals surface area contributed by atoms with Gasteiger partial charge in [0.05, 0.1) is 13.2 Å². The topological polar surface area (TPSA) is 83.1 Å². The first-order valence-corrected chi connectivity index (χ1v) is 5.58. The van der Waals surface area contributed by atoms with Gasteiger partial charge in [-0.2, -0.15) is 0 Å². The fraction of sp³-hybridized carbons (Fsp3) is 0.800. The molecule has 0 saturated carbocycles. The molecule has 2 saturated heterocycles. The second kappa shape index (κ2) is 5.95. The van der Waals surface area contributed by atoms with Crippen LogP contribution < -0.4 is 5.32 Å². The lowest BCUT2D eigenvalue weighted by Gasteiger charge is -2.15. The van der Waals surface area contributed by atoms with Crippen LogP contribution in [0.1, 0.15) is 12.8 Å². The lowest BCUT2D eigenvalue weighted by Crippen LogP contribution is -2.36. The maximum absolute atomic E-state index is 11.5. The number of hydrogen-bond acceptors (Lipinski definition) is 6. The van der Waals surface area contributed by atoms with E-state index < -0.39 is 18.1 Å². The van der Waals surface area contributed by atoms with E-state index in [0.717, 1.165) is 0 Å². The first kappa shape index (κ1) is 12.3. The average molecular weight is 245 g/mol. The zero-order valence-corrected chi connectivity index (χ0v) is 9.35. The van der Waals surface area contributed by atoms with Crippen LogP contribution in [0.4, 0.5) is 0 Å². The van der Waals surface area contributed by atoms with Crippen LogP contribution in [-0.2, 0) is 28.8 Å². The molecular weight excluding hydrogens is 230 g/mol. The summed E-state index contributed by atoms with van der Waals surface area (Å²) >= 11 is 0. The lowest BCUT2D eigenvalue weighted by molar-refractivity contribution is -0.319. The summed E-state index contributed by atoms with van der Waals surface area (Å²) in [5, 5.41) is 2.54. The van der Waals surface area contributed by atoms with Gasteiger partial charge in [0.1, 0.15) is 19.3 Å². The third kappa shape index (κ3) is 3.65. The molecule has 0 bridgehead atoms. The highest BCUT2D eigenvalue weighted by Crippen LogP contribution is 2.09. The Balaban J connectivity index is 1.69. The average Bonchev–Trinajstić information content (AvgIpc) is 2.61. The van der Waals surface area contributed by atoms with Crippen LogP contribution in [0.25, 0.3) is 0 Å². The van der Waals surface area contributed by atoms with Crippen LogP contribution in [0.15, 0.2) is 0 Å². The lowest BCUT2D eigenvalue weighted by atomic mass is 10.2. The normalized spacial score (nSPS) is 29.5. The van der Waals surface area contributed by atoms with Gasteiger partial charge in [0.25, 0.3) is 0 Å². The summed E-state index contributed by atoms with van der Waals surface area (Å²) in [6.07, 6.45) is 0.431. The van der Waals surface area contributed by atoms with Gasteiger partial charge in [-0.1, -0.05) is 0 Å². The first-order valence-electron chi connectivity index (χ1n) is 5.58. The number of amides is 1. The molecule has 0 spiro atoms. The summed E-state index contributed by atoms with van der Waals surface area (Å²) in [7, 11) is 0. The Morgan fingerprint density at radius 3 is 3.12 bits per heavy atom. The van der Waals surface area contributed by atoms with Crippen LogP contribution in [0, 0.1) is 0 Å². The van der Waals surface area contributed by atoms with Gasteiger partial charge in [0.15, 0.2) is 6.10 Å². The molecule has 1 N–H and O–H groups in total. The molecule has 2 aliphatic rings. The molecule has 0 aromatic carbocycles. The summed E-state index contributed by atoms with van der Waals surface area (Å²) in [5.74, 6) is -0.562. The predicted octanol–water partition coefficient (Wildman–Crippen LogP) is -0.845. The smallest absolute Gasteiger partial charge is 0.328 e. The number of carbonyl (C=O) groups is 2. The fourth-order valence-corrected chi connectivity index (χ4v) is 1.62. The van der Waals surface area contributed by atoms with Crippen molar-refractivity contribution in [2.75, 3.05) is 26.4 Å². The molecule has 0 aromatic rings. The molecular formula is C10H15NO6. The molecule has 7 nitrogen and oxygen atoms in total. The molecule has 2 rings (SSSR count). The largest absolute Gasteiger partial charge is 0.461 e. The van der Waals surface area contributed by atoms with Gasteiger partial charge >= 0.3 is 5.97 Å². The SMILES string of the molecule is O=C1CC[C@@H](C(=O)OCC2COCCOO2)N1. The number of ether oxygens (including phenoxy) is 2. The zero-order valence-electron chi connectivity index (χ0n) is 9.35. The maximum atomic E-state index is 11.5. The van der Waals surface area contributed by atoms with Crippen molar-refractivity contribution >= 4 is 11.9 Å². The number of carbonyl (C=O) groups excluding carboxylic acids is 2. The van der Waals surface area contributed by atoms with Crippen molar-refractivity contribution in [1.82, 2.24) is 5.32 Å². The fourth-order valence-electron chi connectivity index (χ4n) is 1.62. The van der Waals surface area contributed by atoms with E-state index in [1.54, 1.807) is 0 Å². The van der Waals surface area contributed by atoms with E-state index in [9.17, 15) is 9.59 Å². The van der Waals surface area contributed by atoms with Crippen molar-refractivity contribution in [3.63, 3.8) is 0 Å². The second-order valence-corrected chi connectivity index (χ2v) is 3.90. The molecule has 2 atom stereocenters. The number of esters is 1. The number of hydrogen-bond donors (Lipinski definition) is 1. The molecule has 96 valence electrons. The van der Waals surface area contributed by atoms with Crippen LogP contribution in [0.2, 0.25) is 0 Å². The van der Waals surface area contributed by atoms with E-state index >= 15 is 0 Å². The summed E-state index contributed by atoms with van der Waals surface area (Å²) in [6, 6.07) is -0.532. The molecule has 2 heterocycles. The Morgan fingerprint density at radius 2 is 2.35 bits per heavy atom. The minimum absolute atomic E-state index is 0.0607. The molecule has 7 heteroatoms. The highest BCUT2D eigenvalue weighted by molar-refractivity contribution is 5.88. The van der Waals surface area contributed by atoms with Crippen molar-refractivity contribution in [2.45, 2.75) is 25.0 Å². The van der Waals surface area contributed by atoms with Crippen LogP contribution in [0.3, 0.4) is 0 Å². The van der Waals surface area contributed by atoms with Crippen molar-refractivity contribution in [2.24, 2.45) is 0 Å². The third-order valence-electron chi connectivity index (χ3n) is 2.51. The van der Waals surface area contributed by atoms with Crippen LogP contribution in [0.5, 0.6) is 0 Å².